The predicted molar refractivity (Wildman–Crippen MR) is 120 cm³/mol. The van der Waals surface area contributed by atoms with Crippen molar-refractivity contribution in [1.29, 1.82) is 0 Å². The first-order chi connectivity index (χ1) is 15.4. The van der Waals surface area contributed by atoms with Crippen LogP contribution in [-0.4, -0.2) is 36.1 Å². The van der Waals surface area contributed by atoms with Gasteiger partial charge in [-0.1, -0.05) is 19.1 Å². The lowest BCUT2D eigenvalue weighted by molar-refractivity contribution is -0.123. The highest BCUT2D eigenvalue weighted by molar-refractivity contribution is 7.80. The molecule has 0 aliphatic carbocycles. The molecular formula is C22H22FN3O5S. The second kappa shape index (κ2) is 12.8. The summed E-state index contributed by atoms with van der Waals surface area (Å²) in [4.78, 5) is 35.4. The topological polar surface area (TPSA) is 106 Å². The minimum absolute atomic E-state index is 0.123. The van der Waals surface area contributed by atoms with Gasteiger partial charge >= 0.3 is 5.97 Å². The molecule has 8 nitrogen and oxygen atoms in total. The van der Waals surface area contributed by atoms with Crippen molar-refractivity contribution >= 4 is 41.2 Å². The molecule has 0 aliphatic rings. The van der Waals surface area contributed by atoms with Crippen molar-refractivity contribution in [3.05, 3.63) is 71.6 Å². The third-order valence-electron chi connectivity index (χ3n) is 3.75. The van der Waals surface area contributed by atoms with Crippen molar-refractivity contribution in [2.24, 2.45) is 0 Å². The van der Waals surface area contributed by atoms with Crippen molar-refractivity contribution in [1.82, 2.24) is 16.2 Å². The molecule has 0 unspecified atom stereocenters. The average Bonchev–Trinajstić information content (AvgIpc) is 2.79. The van der Waals surface area contributed by atoms with Crippen LogP contribution in [0.25, 0.3) is 6.08 Å². The fourth-order valence-corrected chi connectivity index (χ4v) is 2.36. The summed E-state index contributed by atoms with van der Waals surface area (Å²) in [5.74, 6) is -1.50. The Morgan fingerprint density at radius 2 is 1.72 bits per heavy atom. The fourth-order valence-electron chi connectivity index (χ4n) is 2.21. The Labute approximate surface area is 189 Å². The zero-order valence-corrected chi connectivity index (χ0v) is 18.0. The van der Waals surface area contributed by atoms with E-state index < -0.39 is 17.8 Å². The third-order valence-corrected chi connectivity index (χ3v) is 3.95. The van der Waals surface area contributed by atoms with Crippen LogP contribution in [-0.2, 0) is 14.3 Å². The number of halogens is 1. The molecule has 32 heavy (non-hydrogen) atoms. The van der Waals surface area contributed by atoms with E-state index in [1.807, 2.05) is 6.92 Å². The maximum Gasteiger partial charge on any atom is 0.338 e. The van der Waals surface area contributed by atoms with E-state index in [1.54, 1.807) is 12.1 Å². The fraction of sp³-hybridized carbons (Fsp3) is 0.182. The van der Waals surface area contributed by atoms with Gasteiger partial charge in [0.25, 0.3) is 5.91 Å². The highest BCUT2D eigenvalue weighted by atomic mass is 32.1. The number of rotatable bonds is 8. The first kappa shape index (κ1) is 24.5. The molecule has 0 fully saturated rings. The zero-order chi connectivity index (χ0) is 23.3. The van der Waals surface area contributed by atoms with Gasteiger partial charge in [-0.3, -0.25) is 25.8 Å². The van der Waals surface area contributed by atoms with Gasteiger partial charge in [0.15, 0.2) is 11.7 Å². The molecule has 2 rings (SSSR count). The second-order valence-corrected chi connectivity index (χ2v) is 6.73. The van der Waals surface area contributed by atoms with Crippen molar-refractivity contribution < 1.29 is 28.2 Å². The number of hydrogen-bond donors (Lipinski definition) is 3. The summed E-state index contributed by atoms with van der Waals surface area (Å²) in [7, 11) is 0. The summed E-state index contributed by atoms with van der Waals surface area (Å²) in [5.41, 5.74) is 5.67. The molecule has 0 saturated carbocycles. The summed E-state index contributed by atoms with van der Waals surface area (Å²) >= 11 is 4.92. The molecule has 168 valence electrons. The van der Waals surface area contributed by atoms with Crippen LogP contribution < -0.4 is 20.9 Å². The number of thiocarbonyl (C=S) groups is 1. The molecule has 3 N–H and O–H groups in total. The lowest BCUT2D eigenvalue weighted by Crippen LogP contribution is -2.49. The van der Waals surface area contributed by atoms with E-state index in [4.69, 9.17) is 21.7 Å². The Balaban J connectivity index is 1.68. The van der Waals surface area contributed by atoms with Crippen molar-refractivity contribution in [2.75, 3.05) is 13.2 Å². The van der Waals surface area contributed by atoms with Gasteiger partial charge < -0.3 is 9.47 Å². The number of benzene rings is 2. The number of esters is 1. The molecule has 0 radical (unpaired) electrons. The molecule has 0 saturated heterocycles. The Bertz CT molecular complexity index is 978. The van der Waals surface area contributed by atoms with Gasteiger partial charge in [-0.25, -0.2) is 9.18 Å². The summed E-state index contributed by atoms with van der Waals surface area (Å²) in [6, 6.07) is 11.7. The number of amides is 2. The zero-order valence-electron chi connectivity index (χ0n) is 17.2. The van der Waals surface area contributed by atoms with Crippen LogP contribution in [0, 0.1) is 5.82 Å². The predicted octanol–water partition coefficient (Wildman–Crippen LogP) is 2.51. The molecule has 2 amide bonds. The summed E-state index contributed by atoms with van der Waals surface area (Å²) in [6.45, 7) is 1.92. The van der Waals surface area contributed by atoms with E-state index in [-0.39, 0.29) is 17.5 Å². The molecule has 0 spiro atoms. The maximum absolute atomic E-state index is 12.9. The lowest BCUT2D eigenvalue weighted by atomic mass is 10.2. The third kappa shape index (κ3) is 8.92. The molecule has 2 aromatic carbocycles. The summed E-state index contributed by atoms with van der Waals surface area (Å²) in [5, 5.41) is 2.22. The maximum atomic E-state index is 12.9. The van der Waals surface area contributed by atoms with Gasteiger partial charge in [-0.15, -0.1) is 0 Å². The van der Waals surface area contributed by atoms with Gasteiger partial charge in [0.1, 0.15) is 11.6 Å². The first-order valence-electron chi connectivity index (χ1n) is 9.61. The van der Waals surface area contributed by atoms with Crippen LogP contribution in [0.15, 0.2) is 54.6 Å². The normalized spacial score (nSPS) is 10.3. The van der Waals surface area contributed by atoms with Crippen LogP contribution in [0.1, 0.15) is 29.3 Å². The number of carbonyl (C=O) groups is 3. The lowest BCUT2D eigenvalue weighted by Gasteiger charge is -2.11. The number of carbonyl (C=O) groups excluding carboxylic acids is 3. The SMILES string of the molecule is CCCOC(=O)c1ccc(OCC(=O)NNC(=S)NC(=O)/C=C/c2ccc(F)cc2)cc1. The molecule has 0 heterocycles. The van der Waals surface area contributed by atoms with E-state index in [1.165, 1.54) is 48.6 Å². The van der Waals surface area contributed by atoms with E-state index in [0.29, 0.717) is 23.5 Å². The Morgan fingerprint density at radius 3 is 2.38 bits per heavy atom. The van der Waals surface area contributed by atoms with Crippen LogP contribution in [0.5, 0.6) is 5.75 Å². The van der Waals surface area contributed by atoms with Crippen molar-refractivity contribution in [3.8, 4) is 5.75 Å². The highest BCUT2D eigenvalue weighted by Crippen LogP contribution is 2.13. The molecule has 0 bridgehead atoms. The quantitative estimate of drug-likeness (QED) is 0.241. The molecule has 0 atom stereocenters. The van der Waals surface area contributed by atoms with E-state index in [0.717, 1.165) is 6.42 Å². The number of ether oxygens (including phenoxy) is 2. The Kier molecular flexibility index (Phi) is 9.79. The monoisotopic (exact) mass is 459 g/mol. The van der Waals surface area contributed by atoms with Gasteiger partial charge in [0, 0.05) is 6.08 Å². The number of nitrogens with one attached hydrogen (secondary N) is 3. The average molecular weight is 459 g/mol. The first-order valence-corrected chi connectivity index (χ1v) is 10.0. The molecular weight excluding hydrogens is 437 g/mol. The van der Waals surface area contributed by atoms with E-state index >= 15 is 0 Å². The van der Waals surface area contributed by atoms with Gasteiger partial charge in [-0.05, 0) is 66.7 Å². The number of hydrazine groups is 1. The van der Waals surface area contributed by atoms with Crippen molar-refractivity contribution in [3.63, 3.8) is 0 Å². The molecule has 2 aromatic rings. The van der Waals surface area contributed by atoms with E-state index in [2.05, 4.69) is 16.2 Å². The van der Waals surface area contributed by atoms with Gasteiger partial charge in [0.05, 0.1) is 12.2 Å². The number of hydrogen-bond acceptors (Lipinski definition) is 6. The van der Waals surface area contributed by atoms with Gasteiger partial charge in [0.2, 0.25) is 5.91 Å². The standard InChI is InChI=1S/C22H22FN3O5S/c1-2-13-30-21(29)16-6-10-18(11-7-16)31-14-20(28)25-26-22(32)24-19(27)12-5-15-3-8-17(23)9-4-15/h3-12H,2,13-14H2,1H3,(H,25,28)(H2,24,26,27,32)/b12-5+. The van der Waals surface area contributed by atoms with E-state index in [9.17, 15) is 18.8 Å². The minimum atomic E-state index is -0.546. The second-order valence-electron chi connectivity index (χ2n) is 6.33. The van der Waals surface area contributed by atoms with Crippen LogP contribution in [0.4, 0.5) is 4.39 Å². The summed E-state index contributed by atoms with van der Waals surface area (Å²) < 4.78 is 23.2. The molecule has 0 aromatic heterocycles. The Hall–Kier alpha value is -3.79. The van der Waals surface area contributed by atoms with Crippen LogP contribution in [0.2, 0.25) is 0 Å². The smallest absolute Gasteiger partial charge is 0.338 e. The summed E-state index contributed by atoms with van der Waals surface area (Å²) in [6.07, 6.45) is 3.43. The largest absolute Gasteiger partial charge is 0.484 e. The van der Waals surface area contributed by atoms with Crippen LogP contribution >= 0.6 is 12.2 Å². The van der Waals surface area contributed by atoms with Crippen molar-refractivity contribution in [2.45, 2.75) is 13.3 Å². The van der Waals surface area contributed by atoms with Crippen LogP contribution in [0.3, 0.4) is 0 Å². The molecule has 0 aliphatic heterocycles. The molecule has 10 heteroatoms. The van der Waals surface area contributed by atoms with Gasteiger partial charge in [-0.2, -0.15) is 0 Å². The Morgan fingerprint density at radius 1 is 1.03 bits per heavy atom. The minimum Gasteiger partial charge on any atom is -0.484 e. The highest BCUT2D eigenvalue weighted by Gasteiger charge is 2.08.